The lowest BCUT2D eigenvalue weighted by molar-refractivity contribution is 0.0378. The molecule has 0 aliphatic heterocycles. The van der Waals surface area contributed by atoms with Crippen LogP contribution in [0.2, 0.25) is 0 Å². The van der Waals surface area contributed by atoms with Gasteiger partial charge in [0.1, 0.15) is 5.60 Å². The number of hydrogen-bond donors (Lipinski definition) is 0. The van der Waals surface area contributed by atoms with Gasteiger partial charge in [-0.25, -0.2) is 9.10 Å². The van der Waals surface area contributed by atoms with Gasteiger partial charge in [-0.2, -0.15) is 0 Å². The lowest BCUT2D eigenvalue weighted by atomic mass is 10.2. The molecular weight excluding hydrogens is 254 g/mol. The van der Waals surface area contributed by atoms with Gasteiger partial charge in [0.2, 0.25) is 0 Å². The summed E-state index contributed by atoms with van der Waals surface area (Å²) in [6, 6.07) is 8.84. The van der Waals surface area contributed by atoms with E-state index in [-0.39, 0.29) is 6.54 Å². The third-order valence-electron chi connectivity index (χ3n) is 1.95. The van der Waals surface area contributed by atoms with Gasteiger partial charge in [-0.3, -0.25) is 4.21 Å². The van der Waals surface area contributed by atoms with Crippen molar-refractivity contribution < 1.29 is 18.3 Å². The Morgan fingerprint density at radius 3 is 2.33 bits per heavy atom. The first-order valence-corrected chi connectivity index (χ1v) is 6.46. The molecule has 0 bridgehead atoms. The minimum absolute atomic E-state index is 0.0358. The summed E-state index contributed by atoms with van der Waals surface area (Å²) < 4.78 is 27.8. The normalized spacial score (nSPS) is 12.9. The molecule has 0 saturated heterocycles. The fraction of sp³-hybridized carbons (Fsp3) is 0.417. The van der Waals surface area contributed by atoms with Gasteiger partial charge >= 0.3 is 6.09 Å². The number of nitrogens with zero attached hydrogens (tertiary/aromatic N) is 1. The molecule has 1 atom stereocenters. The smallest absolute Gasteiger partial charge is 0.421 e. The predicted octanol–water partition coefficient (Wildman–Crippen LogP) is 2.22. The molecule has 0 aliphatic rings. The number of ether oxygens (including phenoxy) is 1. The van der Waals surface area contributed by atoms with Gasteiger partial charge in [0.15, 0.2) is 0 Å². The highest BCUT2D eigenvalue weighted by Crippen LogP contribution is 2.13. The Balaban J connectivity index is 2.78. The van der Waals surface area contributed by atoms with Gasteiger partial charge in [0.05, 0.1) is 17.8 Å². The number of carbonyl (C=O) groups excluding carboxylic acids is 1. The van der Waals surface area contributed by atoms with E-state index < -0.39 is 23.0 Å². The average molecular weight is 270 g/mol. The van der Waals surface area contributed by atoms with E-state index in [2.05, 4.69) is 0 Å². The molecular formula is C12H16NO4S-. The average Bonchev–Trinajstić information content (AvgIpc) is 2.24. The Kier molecular flexibility index (Phi) is 4.86. The van der Waals surface area contributed by atoms with Crippen LogP contribution in [-0.2, 0) is 22.5 Å². The molecule has 0 aliphatic carbocycles. The molecule has 1 aromatic carbocycles. The minimum atomic E-state index is -2.66. The molecule has 0 radical (unpaired) electrons. The Morgan fingerprint density at radius 1 is 1.33 bits per heavy atom. The van der Waals surface area contributed by atoms with Crippen molar-refractivity contribution in [2.45, 2.75) is 32.9 Å². The summed E-state index contributed by atoms with van der Waals surface area (Å²) >= 11 is -2.66. The standard InChI is InChI=1S/C12H17NO4S/c1-12(2,3)17-11(14)13(18(15)16)9-10-7-5-4-6-8-10/h4-8H,9H2,1-3H3,(H,15,16)/p-1. The molecule has 0 saturated carbocycles. The number of benzene rings is 1. The molecule has 1 aromatic rings. The molecule has 0 N–H and O–H groups in total. The van der Waals surface area contributed by atoms with Gasteiger partial charge in [0.25, 0.3) is 0 Å². The van der Waals surface area contributed by atoms with E-state index in [0.29, 0.717) is 9.87 Å². The maximum Gasteiger partial charge on any atom is 0.421 e. The minimum Gasteiger partial charge on any atom is -0.755 e. The van der Waals surface area contributed by atoms with E-state index >= 15 is 0 Å². The molecule has 6 heteroatoms. The van der Waals surface area contributed by atoms with E-state index in [4.69, 9.17) is 4.74 Å². The summed E-state index contributed by atoms with van der Waals surface area (Å²) in [6.07, 6.45) is -0.875. The van der Waals surface area contributed by atoms with Gasteiger partial charge < -0.3 is 9.29 Å². The predicted molar refractivity (Wildman–Crippen MR) is 67.1 cm³/mol. The van der Waals surface area contributed by atoms with Crippen LogP contribution >= 0.6 is 0 Å². The fourth-order valence-electron chi connectivity index (χ4n) is 1.24. The maximum atomic E-state index is 11.7. The van der Waals surface area contributed by atoms with Crippen molar-refractivity contribution >= 4 is 17.4 Å². The van der Waals surface area contributed by atoms with E-state index in [0.717, 1.165) is 0 Å². The lowest BCUT2D eigenvalue weighted by Gasteiger charge is -2.28. The molecule has 1 rings (SSSR count). The summed E-state index contributed by atoms with van der Waals surface area (Å²) in [5, 5.41) is 0. The van der Waals surface area contributed by atoms with Crippen molar-refractivity contribution in [2.75, 3.05) is 0 Å². The first-order chi connectivity index (χ1) is 8.29. The quantitative estimate of drug-likeness (QED) is 0.790. The van der Waals surface area contributed by atoms with Crippen molar-refractivity contribution in [3.63, 3.8) is 0 Å². The van der Waals surface area contributed by atoms with Crippen LogP contribution in [0.3, 0.4) is 0 Å². The van der Waals surface area contributed by atoms with Crippen molar-refractivity contribution in [3.8, 4) is 0 Å². The first-order valence-electron chi connectivity index (χ1n) is 5.43. The maximum absolute atomic E-state index is 11.7. The first kappa shape index (κ1) is 14.7. The summed E-state index contributed by atoms with van der Waals surface area (Å²) in [5.41, 5.74) is -0.0154. The molecule has 0 aromatic heterocycles. The van der Waals surface area contributed by atoms with Crippen LogP contribution < -0.4 is 0 Å². The van der Waals surface area contributed by atoms with Crippen molar-refractivity contribution in [1.29, 1.82) is 0 Å². The second-order valence-corrected chi connectivity index (χ2v) is 5.59. The molecule has 18 heavy (non-hydrogen) atoms. The summed E-state index contributed by atoms with van der Waals surface area (Å²) in [4.78, 5) is 11.7. The van der Waals surface area contributed by atoms with Gasteiger partial charge in [-0.05, 0) is 26.3 Å². The summed E-state index contributed by atoms with van der Waals surface area (Å²) in [5.74, 6) is 0. The molecule has 100 valence electrons. The van der Waals surface area contributed by atoms with Crippen molar-refractivity contribution in [3.05, 3.63) is 35.9 Å². The second-order valence-electron chi connectivity index (χ2n) is 4.72. The molecule has 0 heterocycles. The van der Waals surface area contributed by atoms with Crippen molar-refractivity contribution in [1.82, 2.24) is 4.31 Å². The highest BCUT2D eigenvalue weighted by atomic mass is 32.2. The zero-order valence-corrected chi connectivity index (χ0v) is 11.4. The fourth-order valence-corrected chi connectivity index (χ4v) is 1.65. The van der Waals surface area contributed by atoms with E-state index in [1.54, 1.807) is 45.0 Å². The molecule has 5 nitrogen and oxygen atoms in total. The zero-order valence-electron chi connectivity index (χ0n) is 10.6. The SMILES string of the molecule is CC(C)(C)OC(=O)N(Cc1ccccc1)S(=O)[O-]. The second kappa shape index (κ2) is 5.97. The summed E-state index contributed by atoms with van der Waals surface area (Å²) in [6.45, 7) is 5.00. The van der Waals surface area contributed by atoms with Crippen LogP contribution in [0, 0.1) is 0 Å². The van der Waals surface area contributed by atoms with Crippen LogP contribution in [0.25, 0.3) is 0 Å². The number of amides is 1. The van der Waals surface area contributed by atoms with Gasteiger partial charge in [0, 0.05) is 0 Å². The third-order valence-corrected chi connectivity index (χ3v) is 2.58. The van der Waals surface area contributed by atoms with Gasteiger partial charge in [-0.1, -0.05) is 30.3 Å². The highest BCUT2D eigenvalue weighted by molar-refractivity contribution is 7.77. The molecule has 0 fully saturated rings. The van der Waals surface area contributed by atoms with Crippen molar-refractivity contribution in [2.24, 2.45) is 0 Å². The van der Waals surface area contributed by atoms with E-state index in [1.165, 1.54) is 0 Å². The summed E-state index contributed by atoms with van der Waals surface area (Å²) in [7, 11) is 0. The van der Waals surface area contributed by atoms with Crippen LogP contribution in [0.4, 0.5) is 4.79 Å². The zero-order chi connectivity index (χ0) is 13.8. The Hall–Kier alpha value is -1.40. The van der Waals surface area contributed by atoms with E-state index in [1.807, 2.05) is 6.07 Å². The van der Waals surface area contributed by atoms with Crippen LogP contribution in [0.1, 0.15) is 26.3 Å². The molecule has 1 unspecified atom stereocenters. The topological polar surface area (TPSA) is 69.7 Å². The lowest BCUT2D eigenvalue weighted by Crippen LogP contribution is -2.37. The van der Waals surface area contributed by atoms with E-state index in [9.17, 15) is 13.6 Å². The van der Waals surface area contributed by atoms with Crippen LogP contribution in [0.5, 0.6) is 0 Å². The highest BCUT2D eigenvalue weighted by Gasteiger charge is 2.22. The Bertz CT molecular complexity index is 427. The largest absolute Gasteiger partial charge is 0.755 e. The van der Waals surface area contributed by atoms with Crippen LogP contribution in [0.15, 0.2) is 30.3 Å². The third kappa shape index (κ3) is 4.85. The Morgan fingerprint density at radius 2 is 1.89 bits per heavy atom. The van der Waals surface area contributed by atoms with Crippen LogP contribution in [-0.4, -0.2) is 24.8 Å². The number of carbonyl (C=O) groups is 1. The molecule has 1 amide bonds. The Labute approximate surface area is 109 Å². The number of hydrogen-bond acceptors (Lipinski definition) is 4. The molecule has 0 spiro atoms. The van der Waals surface area contributed by atoms with Gasteiger partial charge in [-0.15, -0.1) is 0 Å². The monoisotopic (exact) mass is 270 g/mol. The number of rotatable bonds is 3.